The number of benzene rings is 2. The highest BCUT2D eigenvalue weighted by atomic mass is 16.2. The van der Waals surface area contributed by atoms with Crippen LogP contribution in [0.3, 0.4) is 0 Å². The van der Waals surface area contributed by atoms with E-state index in [1.165, 1.54) is 4.90 Å². The topological polar surface area (TPSA) is 42.3 Å². The number of hydrogen-bond donors (Lipinski definition) is 0. The van der Waals surface area contributed by atoms with Gasteiger partial charge in [-0.1, -0.05) is 43.3 Å². The second-order valence-electron chi connectivity index (χ2n) is 6.45. The molecule has 2 heterocycles. The van der Waals surface area contributed by atoms with E-state index in [1.807, 2.05) is 36.4 Å². The Morgan fingerprint density at radius 3 is 2.48 bits per heavy atom. The minimum Gasteiger partial charge on any atom is -0.347 e. The Hall–Kier alpha value is -2.88. The SMILES string of the molecule is CCCn1cc([C@@H]2CC(=O)N(c3ccccc3)C2=O)c2ccccc21. The molecule has 2 amide bonds. The standard InChI is InChI=1S/C21H20N2O2/c1-2-12-22-14-18(16-10-6-7-11-19(16)22)17-13-20(24)23(21(17)25)15-8-4-3-5-9-15/h3-11,14,17H,2,12-13H2,1H3/t17-/m0/s1. The monoisotopic (exact) mass is 332 g/mol. The van der Waals surface area contributed by atoms with Crippen LogP contribution in [0.2, 0.25) is 0 Å². The third-order valence-electron chi connectivity index (χ3n) is 4.82. The Labute approximate surface area is 146 Å². The molecule has 3 aromatic rings. The van der Waals surface area contributed by atoms with E-state index in [0.717, 1.165) is 29.4 Å². The largest absolute Gasteiger partial charge is 0.347 e. The van der Waals surface area contributed by atoms with Gasteiger partial charge in [-0.3, -0.25) is 14.5 Å². The summed E-state index contributed by atoms with van der Waals surface area (Å²) in [7, 11) is 0. The molecule has 0 N–H and O–H groups in total. The van der Waals surface area contributed by atoms with Gasteiger partial charge in [0.2, 0.25) is 11.8 Å². The number of para-hydroxylation sites is 2. The van der Waals surface area contributed by atoms with Gasteiger partial charge in [-0.25, -0.2) is 0 Å². The molecule has 1 aliphatic heterocycles. The summed E-state index contributed by atoms with van der Waals surface area (Å²) >= 11 is 0. The summed E-state index contributed by atoms with van der Waals surface area (Å²) in [6.07, 6.45) is 3.30. The van der Waals surface area contributed by atoms with Crippen molar-refractivity contribution in [3.63, 3.8) is 0 Å². The minimum absolute atomic E-state index is 0.129. The fourth-order valence-corrected chi connectivity index (χ4v) is 3.70. The summed E-state index contributed by atoms with van der Waals surface area (Å²) in [5, 5.41) is 1.07. The van der Waals surface area contributed by atoms with Crippen molar-refractivity contribution in [3.05, 3.63) is 66.4 Å². The van der Waals surface area contributed by atoms with Gasteiger partial charge in [-0.15, -0.1) is 0 Å². The van der Waals surface area contributed by atoms with Gasteiger partial charge in [0.1, 0.15) is 0 Å². The summed E-state index contributed by atoms with van der Waals surface area (Å²) in [6, 6.07) is 17.3. The summed E-state index contributed by atoms with van der Waals surface area (Å²) in [5.74, 6) is -0.667. The molecule has 4 heteroatoms. The minimum atomic E-state index is -0.407. The zero-order valence-electron chi connectivity index (χ0n) is 14.2. The smallest absolute Gasteiger partial charge is 0.241 e. The van der Waals surface area contributed by atoms with Crippen molar-refractivity contribution >= 4 is 28.4 Å². The van der Waals surface area contributed by atoms with Crippen LogP contribution >= 0.6 is 0 Å². The Balaban J connectivity index is 1.77. The molecule has 0 aliphatic carbocycles. The predicted octanol–water partition coefficient (Wildman–Crippen LogP) is 4.10. The van der Waals surface area contributed by atoms with Crippen LogP contribution in [0.4, 0.5) is 5.69 Å². The van der Waals surface area contributed by atoms with Gasteiger partial charge in [0.05, 0.1) is 11.6 Å². The molecule has 25 heavy (non-hydrogen) atoms. The molecular formula is C21H20N2O2. The molecule has 0 bridgehead atoms. The van der Waals surface area contributed by atoms with Crippen molar-refractivity contribution in [3.8, 4) is 0 Å². The fourth-order valence-electron chi connectivity index (χ4n) is 3.70. The Bertz CT molecular complexity index is 943. The number of aromatic nitrogens is 1. The van der Waals surface area contributed by atoms with E-state index in [4.69, 9.17) is 0 Å². The van der Waals surface area contributed by atoms with Gasteiger partial charge in [0.25, 0.3) is 0 Å². The lowest BCUT2D eigenvalue weighted by Crippen LogP contribution is -2.29. The first-order valence-electron chi connectivity index (χ1n) is 8.70. The van der Waals surface area contributed by atoms with E-state index in [-0.39, 0.29) is 18.2 Å². The number of hydrogen-bond acceptors (Lipinski definition) is 2. The third-order valence-corrected chi connectivity index (χ3v) is 4.82. The van der Waals surface area contributed by atoms with Gasteiger partial charge in [0, 0.05) is 30.1 Å². The first-order chi connectivity index (χ1) is 12.2. The van der Waals surface area contributed by atoms with Crippen LogP contribution in [0.25, 0.3) is 10.9 Å². The van der Waals surface area contributed by atoms with E-state index in [1.54, 1.807) is 12.1 Å². The average Bonchev–Trinajstić information content (AvgIpc) is 3.14. The Kier molecular flexibility index (Phi) is 3.88. The lowest BCUT2D eigenvalue weighted by molar-refractivity contribution is -0.121. The highest BCUT2D eigenvalue weighted by Gasteiger charge is 2.41. The molecule has 0 saturated carbocycles. The number of fused-ring (bicyclic) bond motifs is 1. The summed E-state index contributed by atoms with van der Waals surface area (Å²) in [6.45, 7) is 3.04. The lowest BCUT2D eigenvalue weighted by atomic mass is 9.97. The molecular weight excluding hydrogens is 312 g/mol. The maximum Gasteiger partial charge on any atom is 0.241 e. The number of amides is 2. The molecule has 4 rings (SSSR count). The molecule has 1 fully saturated rings. The maximum absolute atomic E-state index is 13.0. The highest BCUT2D eigenvalue weighted by Crippen LogP contribution is 2.37. The summed E-state index contributed by atoms with van der Waals surface area (Å²) in [5.41, 5.74) is 2.73. The van der Waals surface area contributed by atoms with Crippen LogP contribution in [-0.2, 0) is 16.1 Å². The Morgan fingerprint density at radius 2 is 1.72 bits per heavy atom. The third kappa shape index (κ3) is 2.54. The summed E-state index contributed by atoms with van der Waals surface area (Å²) < 4.78 is 2.19. The van der Waals surface area contributed by atoms with Crippen molar-refractivity contribution in [2.75, 3.05) is 4.90 Å². The number of carbonyl (C=O) groups is 2. The van der Waals surface area contributed by atoms with Crippen molar-refractivity contribution in [1.82, 2.24) is 4.57 Å². The first kappa shape index (κ1) is 15.6. The fraction of sp³-hybridized carbons (Fsp3) is 0.238. The van der Waals surface area contributed by atoms with Gasteiger partial charge < -0.3 is 4.57 Å². The molecule has 1 aliphatic rings. The van der Waals surface area contributed by atoms with E-state index in [2.05, 4.69) is 23.8 Å². The van der Waals surface area contributed by atoms with Gasteiger partial charge in [-0.05, 0) is 30.2 Å². The van der Waals surface area contributed by atoms with Crippen LogP contribution in [0.15, 0.2) is 60.8 Å². The van der Waals surface area contributed by atoms with Crippen molar-refractivity contribution in [1.29, 1.82) is 0 Å². The van der Waals surface area contributed by atoms with Gasteiger partial charge >= 0.3 is 0 Å². The van der Waals surface area contributed by atoms with Gasteiger partial charge in [0.15, 0.2) is 0 Å². The number of aryl methyl sites for hydroxylation is 1. The van der Waals surface area contributed by atoms with Crippen LogP contribution < -0.4 is 4.90 Å². The lowest BCUT2D eigenvalue weighted by Gasteiger charge is -2.14. The van der Waals surface area contributed by atoms with E-state index >= 15 is 0 Å². The average molecular weight is 332 g/mol. The molecule has 0 unspecified atom stereocenters. The second-order valence-corrected chi connectivity index (χ2v) is 6.45. The number of anilines is 1. The number of carbonyl (C=O) groups excluding carboxylic acids is 2. The second kappa shape index (κ2) is 6.20. The van der Waals surface area contributed by atoms with Crippen molar-refractivity contribution in [2.45, 2.75) is 32.2 Å². The molecule has 1 aromatic heterocycles. The molecule has 2 aromatic carbocycles. The highest BCUT2D eigenvalue weighted by molar-refractivity contribution is 6.23. The predicted molar refractivity (Wildman–Crippen MR) is 98.5 cm³/mol. The summed E-state index contributed by atoms with van der Waals surface area (Å²) in [4.78, 5) is 26.9. The quantitative estimate of drug-likeness (QED) is 0.675. The van der Waals surface area contributed by atoms with Crippen molar-refractivity contribution < 1.29 is 9.59 Å². The van der Waals surface area contributed by atoms with Gasteiger partial charge in [-0.2, -0.15) is 0 Å². The number of nitrogens with zero attached hydrogens (tertiary/aromatic N) is 2. The zero-order chi connectivity index (χ0) is 17.4. The van der Waals surface area contributed by atoms with Crippen LogP contribution in [0.1, 0.15) is 31.2 Å². The van der Waals surface area contributed by atoms with Crippen LogP contribution in [0, 0.1) is 0 Å². The maximum atomic E-state index is 13.0. The number of rotatable bonds is 4. The zero-order valence-corrected chi connectivity index (χ0v) is 14.2. The number of imide groups is 1. The Morgan fingerprint density at radius 1 is 1.00 bits per heavy atom. The van der Waals surface area contributed by atoms with Crippen LogP contribution in [0.5, 0.6) is 0 Å². The first-order valence-corrected chi connectivity index (χ1v) is 8.70. The molecule has 0 spiro atoms. The van der Waals surface area contributed by atoms with E-state index in [9.17, 15) is 9.59 Å². The molecule has 1 saturated heterocycles. The van der Waals surface area contributed by atoms with E-state index < -0.39 is 5.92 Å². The van der Waals surface area contributed by atoms with Crippen LogP contribution in [-0.4, -0.2) is 16.4 Å². The van der Waals surface area contributed by atoms with Crippen molar-refractivity contribution in [2.24, 2.45) is 0 Å². The molecule has 126 valence electrons. The normalized spacial score (nSPS) is 17.6. The molecule has 4 nitrogen and oxygen atoms in total. The molecule has 1 atom stereocenters. The molecule has 0 radical (unpaired) electrons. The van der Waals surface area contributed by atoms with E-state index in [0.29, 0.717) is 5.69 Å².